The maximum Gasteiger partial charge on any atom is 0.178 e. The van der Waals surface area contributed by atoms with Crippen molar-refractivity contribution >= 4 is 23.0 Å². The molecule has 4 nitrogen and oxygen atoms in total. The highest BCUT2D eigenvalue weighted by molar-refractivity contribution is 5.86. The summed E-state index contributed by atoms with van der Waals surface area (Å²) in [6, 6.07) is 17.4. The Kier molecular flexibility index (Phi) is 9.43. The van der Waals surface area contributed by atoms with Gasteiger partial charge in [0.05, 0.1) is 0 Å². The second kappa shape index (κ2) is 11.8. The second-order valence-electron chi connectivity index (χ2n) is 8.22. The molecule has 0 amide bonds. The Hall–Kier alpha value is -3.14. The number of rotatable bonds is 2. The monoisotopic (exact) mass is 458 g/mol. The molecular weight excluding hydrogens is 416 g/mol. The topological polar surface area (TPSA) is 32.3 Å². The van der Waals surface area contributed by atoms with Gasteiger partial charge in [0, 0.05) is 35.1 Å². The normalized spacial score (nSPS) is 21.3. The molecule has 0 bridgehead atoms. The van der Waals surface area contributed by atoms with Gasteiger partial charge in [-0.25, -0.2) is 9.97 Å². The molecule has 4 heteroatoms. The number of anilines is 4. The summed E-state index contributed by atoms with van der Waals surface area (Å²) in [5, 5.41) is 0. The molecule has 2 aliphatic heterocycles. The van der Waals surface area contributed by atoms with Crippen molar-refractivity contribution in [2.75, 3.05) is 9.80 Å². The standard InChI is InChI=1S/C24H26N4.2C2H6.C2H4/c1-5-24(4)17(3)23-27(19-12-8-6-10-16(19)2)21-22(26-15-14-25-21)28(23)20-13-9-7-11-18(20)24;3*1-2/h6-15,17,23H,5H2,1-4H3;2*1-2H3;1-2H2. The first-order valence-corrected chi connectivity index (χ1v) is 12.6. The van der Waals surface area contributed by atoms with Crippen molar-refractivity contribution in [1.29, 1.82) is 0 Å². The first kappa shape index (κ1) is 27.1. The van der Waals surface area contributed by atoms with Crippen LogP contribution in [-0.4, -0.2) is 16.1 Å². The summed E-state index contributed by atoms with van der Waals surface area (Å²) in [5.74, 6) is 2.29. The van der Waals surface area contributed by atoms with Crippen LogP contribution < -0.4 is 9.80 Å². The third kappa shape index (κ3) is 4.22. The van der Waals surface area contributed by atoms with Crippen molar-refractivity contribution in [1.82, 2.24) is 9.97 Å². The number of fused-ring (bicyclic) bond motifs is 5. The van der Waals surface area contributed by atoms with Crippen molar-refractivity contribution in [3.8, 4) is 0 Å². The summed E-state index contributed by atoms with van der Waals surface area (Å²) in [5.41, 5.74) is 5.21. The van der Waals surface area contributed by atoms with E-state index in [1.165, 1.54) is 22.5 Å². The Bertz CT molecular complexity index is 1060. The fourth-order valence-electron chi connectivity index (χ4n) is 5.08. The van der Waals surface area contributed by atoms with Crippen molar-refractivity contribution in [3.05, 3.63) is 85.2 Å². The minimum Gasteiger partial charge on any atom is -0.301 e. The first-order chi connectivity index (χ1) is 16.6. The van der Waals surface area contributed by atoms with E-state index in [-0.39, 0.29) is 11.6 Å². The highest BCUT2D eigenvalue weighted by Gasteiger charge is 2.53. The Balaban J connectivity index is 0.000000633. The average Bonchev–Trinajstić information content (AvgIpc) is 3.26. The number of hydrogen-bond acceptors (Lipinski definition) is 4. The molecule has 182 valence electrons. The Morgan fingerprint density at radius 1 is 0.824 bits per heavy atom. The zero-order valence-corrected chi connectivity index (χ0v) is 22.3. The first-order valence-electron chi connectivity index (χ1n) is 12.6. The number of aromatic nitrogens is 2. The fraction of sp³-hybridized carbons (Fsp3) is 0.400. The van der Waals surface area contributed by atoms with E-state index < -0.39 is 0 Å². The van der Waals surface area contributed by atoms with Crippen LogP contribution >= 0.6 is 0 Å². The number of nitrogens with zero attached hydrogens (tertiary/aromatic N) is 4. The van der Waals surface area contributed by atoms with Crippen LogP contribution in [0.1, 0.15) is 66.0 Å². The van der Waals surface area contributed by atoms with Crippen LogP contribution in [-0.2, 0) is 5.41 Å². The molecule has 34 heavy (non-hydrogen) atoms. The maximum atomic E-state index is 4.79. The van der Waals surface area contributed by atoms with Gasteiger partial charge in [-0.2, -0.15) is 0 Å². The van der Waals surface area contributed by atoms with Crippen molar-refractivity contribution in [3.63, 3.8) is 0 Å². The molecule has 3 heterocycles. The van der Waals surface area contributed by atoms with Gasteiger partial charge < -0.3 is 9.80 Å². The van der Waals surface area contributed by atoms with Gasteiger partial charge in [0.2, 0.25) is 0 Å². The summed E-state index contributed by atoms with van der Waals surface area (Å²) in [6.45, 7) is 23.3. The molecule has 2 aromatic carbocycles. The third-order valence-electron chi connectivity index (χ3n) is 6.99. The lowest BCUT2D eigenvalue weighted by atomic mass is 9.66. The quantitative estimate of drug-likeness (QED) is 0.360. The average molecular weight is 459 g/mol. The Morgan fingerprint density at radius 3 is 1.82 bits per heavy atom. The van der Waals surface area contributed by atoms with Gasteiger partial charge in [-0.05, 0) is 36.6 Å². The summed E-state index contributed by atoms with van der Waals surface area (Å²) >= 11 is 0. The number of benzene rings is 2. The molecular formula is C30H42N4. The molecule has 3 aromatic rings. The maximum absolute atomic E-state index is 4.79. The number of aryl methyl sites for hydroxylation is 1. The molecule has 5 rings (SSSR count). The molecule has 1 aromatic heterocycles. The van der Waals surface area contributed by atoms with E-state index in [0.717, 1.165) is 18.1 Å². The zero-order valence-electron chi connectivity index (χ0n) is 22.3. The smallest absolute Gasteiger partial charge is 0.178 e. The van der Waals surface area contributed by atoms with Crippen molar-refractivity contribution in [2.45, 2.75) is 73.4 Å². The van der Waals surface area contributed by atoms with Gasteiger partial charge >= 0.3 is 0 Å². The SMILES string of the molecule is C=C.CC.CC.CCC1(C)c2ccccc2N2c3nccnc3N(c3ccccc3C)C2C1C. The number of hydrogen-bond donors (Lipinski definition) is 0. The lowest BCUT2D eigenvalue weighted by Crippen LogP contribution is -2.54. The van der Waals surface area contributed by atoms with Gasteiger partial charge in [-0.3, -0.25) is 0 Å². The van der Waals surface area contributed by atoms with E-state index in [2.05, 4.69) is 99.2 Å². The van der Waals surface area contributed by atoms with Crippen LogP contribution in [0.5, 0.6) is 0 Å². The minimum absolute atomic E-state index is 0.0841. The molecule has 0 fully saturated rings. The largest absolute Gasteiger partial charge is 0.301 e. The lowest BCUT2D eigenvalue weighted by molar-refractivity contribution is 0.248. The van der Waals surface area contributed by atoms with E-state index in [1.807, 2.05) is 27.7 Å². The summed E-state index contributed by atoms with van der Waals surface area (Å²) in [7, 11) is 0. The van der Waals surface area contributed by atoms with E-state index in [1.54, 1.807) is 12.4 Å². The fourth-order valence-corrected chi connectivity index (χ4v) is 5.08. The zero-order chi connectivity index (χ0) is 25.5. The Labute approximate surface area is 207 Å². The van der Waals surface area contributed by atoms with Crippen molar-refractivity contribution in [2.24, 2.45) is 5.92 Å². The predicted molar refractivity (Wildman–Crippen MR) is 148 cm³/mol. The van der Waals surface area contributed by atoms with Crippen LogP contribution in [0.3, 0.4) is 0 Å². The second-order valence-corrected chi connectivity index (χ2v) is 8.22. The van der Waals surface area contributed by atoms with Gasteiger partial charge in [-0.15, -0.1) is 13.2 Å². The minimum atomic E-state index is 0.0841. The van der Waals surface area contributed by atoms with Crippen LogP contribution in [0.4, 0.5) is 23.0 Å². The van der Waals surface area contributed by atoms with E-state index in [4.69, 9.17) is 9.97 Å². The molecule has 0 radical (unpaired) electrons. The predicted octanol–water partition coefficient (Wildman–Crippen LogP) is 8.57. The third-order valence-corrected chi connectivity index (χ3v) is 6.99. The van der Waals surface area contributed by atoms with Gasteiger partial charge in [0.15, 0.2) is 11.6 Å². The van der Waals surface area contributed by atoms with E-state index >= 15 is 0 Å². The molecule has 0 aliphatic carbocycles. The molecule has 0 spiro atoms. The van der Waals surface area contributed by atoms with E-state index in [0.29, 0.717) is 5.92 Å². The molecule has 0 saturated carbocycles. The summed E-state index contributed by atoms with van der Waals surface area (Å²) in [4.78, 5) is 14.4. The van der Waals surface area contributed by atoms with Gasteiger partial charge in [0.25, 0.3) is 0 Å². The molecule has 2 aliphatic rings. The highest BCUT2D eigenvalue weighted by atomic mass is 15.5. The molecule has 3 unspecified atom stereocenters. The lowest BCUT2D eigenvalue weighted by Gasteiger charge is -2.50. The van der Waals surface area contributed by atoms with Gasteiger partial charge in [0.1, 0.15) is 6.17 Å². The number of para-hydroxylation sites is 2. The molecule has 3 atom stereocenters. The van der Waals surface area contributed by atoms with E-state index in [9.17, 15) is 0 Å². The van der Waals surface area contributed by atoms with Crippen molar-refractivity contribution < 1.29 is 0 Å². The van der Waals surface area contributed by atoms with Crippen LogP contribution in [0.15, 0.2) is 74.1 Å². The highest BCUT2D eigenvalue weighted by Crippen LogP contribution is 2.57. The molecule has 0 saturated heterocycles. The van der Waals surface area contributed by atoms with Crippen LogP contribution in [0.2, 0.25) is 0 Å². The Morgan fingerprint density at radius 2 is 1.29 bits per heavy atom. The van der Waals surface area contributed by atoms with Crippen LogP contribution in [0.25, 0.3) is 0 Å². The summed E-state index contributed by atoms with van der Waals surface area (Å²) in [6.07, 6.45) is 4.85. The van der Waals surface area contributed by atoms with Crippen LogP contribution in [0, 0.1) is 12.8 Å². The summed E-state index contributed by atoms with van der Waals surface area (Å²) < 4.78 is 0. The molecule has 0 N–H and O–H groups in total. The van der Waals surface area contributed by atoms with Gasteiger partial charge in [-0.1, -0.05) is 84.9 Å².